The Hall–Kier alpha value is -2.28. The second kappa shape index (κ2) is 6.65. The fourth-order valence-electron chi connectivity index (χ4n) is 2.28. The van der Waals surface area contributed by atoms with Gasteiger partial charge in [-0.05, 0) is 6.42 Å². The van der Waals surface area contributed by atoms with Crippen LogP contribution in [-0.2, 0) is 11.2 Å². The molecule has 0 unspecified atom stereocenters. The van der Waals surface area contributed by atoms with Crippen molar-refractivity contribution in [3.63, 3.8) is 0 Å². The third-order valence-corrected chi connectivity index (χ3v) is 3.53. The molecule has 1 aliphatic rings. The number of morpholine rings is 1. The van der Waals surface area contributed by atoms with Crippen molar-refractivity contribution in [3.8, 4) is 17.4 Å². The van der Waals surface area contributed by atoms with Gasteiger partial charge in [0.15, 0.2) is 5.82 Å². The highest BCUT2D eigenvalue weighted by atomic mass is 16.5. The maximum atomic E-state index is 5.40. The van der Waals surface area contributed by atoms with Crippen LogP contribution in [0.15, 0.2) is 18.5 Å². The first-order valence-corrected chi connectivity index (χ1v) is 7.37. The highest BCUT2D eigenvalue weighted by Crippen LogP contribution is 2.21. The fraction of sp³-hybridized carbons (Fsp3) is 0.467. The number of aryl methyl sites for hydroxylation is 1. The van der Waals surface area contributed by atoms with Gasteiger partial charge in [-0.1, -0.05) is 6.92 Å². The van der Waals surface area contributed by atoms with Crippen LogP contribution in [0.25, 0.3) is 11.4 Å². The molecule has 0 spiro atoms. The molecule has 7 heteroatoms. The van der Waals surface area contributed by atoms with Crippen molar-refractivity contribution in [1.29, 1.82) is 0 Å². The molecule has 7 nitrogen and oxygen atoms in total. The molecular formula is C15H19N5O2. The molecule has 0 aromatic carbocycles. The van der Waals surface area contributed by atoms with Crippen LogP contribution in [0.3, 0.4) is 0 Å². The van der Waals surface area contributed by atoms with Gasteiger partial charge >= 0.3 is 6.01 Å². The summed E-state index contributed by atoms with van der Waals surface area (Å²) in [5.74, 6) is 1.57. The first-order chi connectivity index (χ1) is 10.8. The van der Waals surface area contributed by atoms with E-state index in [-0.39, 0.29) is 0 Å². The largest absolute Gasteiger partial charge is 0.467 e. The van der Waals surface area contributed by atoms with Crippen LogP contribution in [0.5, 0.6) is 6.01 Å². The second-order valence-corrected chi connectivity index (χ2v) is 4.95. The predicted octanol–water partition coefficient (Wildman–Crippen LogP) is 1.34. The number of anilines is 1. The minimum absolute atomic E-state index is 0.337. The van der Waals surface area contributed by atoms with Crippen LogP contribution in [0.1, 0.15) is 12.6 Å². The van der Waals surface area contributed by atoms with Crippen LogP contribution in [-0.4, -0.2) is 53.3 Å². The van der Waals surface area contributed by atoms with E-state index >= 15 is 0 Å². The van der Waals surface area contributed by atoms with Gasteiger partial charge in [0.1, 0.15) is 5.82 Å². The standard InChI is InChI=1S/C15H19N5O2/c1-3-12-8-13(20-4-6-22-7-5-20)19-14(18-12)11-9-16-15(21-2)17-10-11/h8-10H,3-7H2,1-2H3. The number of hydrogen-bond acceptors (Lipinski definition) is 7. The highest BCUT2D eigenvalue weighted by Gasteiger charge is 2.15. The lowest BCUT2D eigenvalue weighted by Crippen LogP contribution is -2.37. The zero-order valence-electron chi connectivity index (χ0n) is 12.8. The molecule has 1 fully saturated rings. The summed E-state index contributed by atoms with van der Waals surface area (Å²) in [5, 5.41) is 0. The van der Waals surface area contributed by atoms with E-state index in [1.165, 1.54) is 0 Å². The van der Waals surface area contributed by atoms with E-state index in [9.17, 15) is 0 Å². The summed E-state index contributed by atoms with van der Waals surface area (Å²) in [6, 6.07) is 2.38. The van der Waals surface area contributed by atoms with Crippen molar-refractivity contribution in [2.75, 3.05) is 38.3 Å². The molecule has 0 radical (unpaired) electrons. The smallest absolute Gasteiger partial charge is 0.316 e. The van der Waals surface area contributed by atoms with Crippen molar-refractivity contribution in [1.82, 2.24) is 19.9 Å². The number of rotatable bonds is 4. The Morgan fingerprint density at radius 1 is 1.18 bits per heavy atom. The van der Waals surface area contributed by atoms with Gasteiger partial charge in [-0.15, -0.1) is 0 Å². The number of hydrogen-bond donors (Lipinski definition) is 0. The maximum absolute atomic E-state index is 5.40. The molecular weight excluding hydrogens is 282 g/mol. The quantitative estimate of drug-likeness (QED) is 0.843. The molecule has 0 bridgehead atoms. The predicted molar refractivity (Wildman–Crippen MR) is 82.0 cm³/mol. The number of ether oxygens (including phenoxy) is 2. The van der Waals surface area contributed by atoms with Gasteiger partial charge in [0.05, 0.1) is 25.9 Å². The van der Waals surface area contributed by atoms with E-state index in [0.717, 1.165) is 49.8 Å². The summed E-state index contributed by atoms with van der Waals surface area (Å²) in [6.07, 6.45) is 4.22. The molecule has 2 aromatic rings. The monoisotopic (exact) mass is 301 g/mol. The fourth-order valence-corrected chi connectivity index (χ4v) is 2.28. The summed E-state index contributed by atoms with van der Waals surface area (Å²) in [4.78, 5) is 19.7. The lowest BCUT2D eigenvalue weighted by molar-refractivity contribution is 0.122. The zero-order valence-corrected chi connectivity index (χ0v) is 12.8. The molecule has 3 heterocycles. The highest BCUT2D eigenvalue weighted by molar-refractivity contribution is 5.56. The summed E-state index contributed by atoms with van der Waals surface area (Å²) in [6.45, 7) is 5.23. The minimum atomic E-state index is 0.337. The van der Waals surface area contributed by atoms with Crippen LogP contribution in [0.4, 0.5) is 5.82 Å². The first kappa shape index (κ1) is 14.6. The number of methoxy groups -OCH3 is 1. The van der Waals surface area contributed by atoms with E-state index in [4.69, 9.17) is 9.47 Å². The third kappa shape index (κ3) is 3.14. The SMILES string of the molecule is CCc1cc(N2CCOCC2)nc(-c2cnc(OC)nc2)n1. The summed E-state index contributed by atoms with van der Waals surface area (Å²) in [7, 11) is 1.54. The number of aromatic nitrogens is 4. The topological polar surface area (TPSA) is 73.3 Å². The van der Waals surface area contributed by atoms with Crippen molar-refractivity contribution in [3.05, 3.63) is 24.2 Å². The molecule has 1 aliphatic heterocycles. The first-order valence-electron chi connectivity index (χ1n) is 7.37. The molecule has 22 heavy (non-hydrogen) atoms. The summed E-state index contributed by atoms with van der Waals surface area (Å²) < 4.78 is 10.4. The molecule has 3 rings (SSSR count). The normalized spacial score (nSPS) is 14.9. The van der Waals surface area contributed by atoms with Gasteiger partial charge in [0.2, 0.25) is 0 Å². The molecule has 0 saturated carbocycles. The lowest BCUT2D eigenvalue weighted by Gasteiger charge is -2.28. The zero-order chi connectivity index (χ0) is 15.4. The summed E-state index contributed by atoms with van der Waals surface area (Å²) in [5.41, 5.74) is 1.79. The van der Waals surface area contributed by atoms with Crippen LogP contribution < -0.4 is 9.64 Å². The molecule has 0 atom stereocenters. The molecule has 1 saturated heterocycles. The van der Waals surface area contributed by atoms with E-state index in [1.807, 2.05) is 6.07 Å². The van der Waals surface area contributed by atoms with Crippen molar-refractivity contribution >= 4 is 5.82 Å². The maximum Gasteiger partial charge on any atom is 0.316 e. The Kier molecular flexibility index (Phi) is 4.43. The Labute approximate surface area is 129 Å². The molecule has 116 valence electrons. The van der Waals surface area contributed by atoms with E-state index in [1.54, 1.807) is 19.5 Å². The van der Waals surface area contributed by atoms with E-state index < -0.39 is 0 Å². The van der Waals surface area contributed by atoms with E-state index in [2.05, 4.69) is 31.8 Å². The third-order valence-electron chi connectivity index (χ3n) is 3.53. The Morgan fingerprint density at radius 3 is 2.55 bits per heavy atom. The van der Waals surface area contributed by atoms with Gasteiger partial charge in [0.25, 0.3) is 0 Å². The van der Waals surface area contributed by atoms with Gasteiger partial charge in [-0.2, -0.15) is 0 Å². The molecule has 2 aromatic heterocycles. The molecule has 0 aliphatic carbocycles. The van der Waals surface area contributed by atoms with Gasteiger partial charge in [-0.3, -0.25) is 0 Å². The molecule has 0 N–H and O–H groups in total. The number of nitrogens with zero attached hydrogens (tertiary/aromatic N) is 5. The van der Waals surface area contributed by atoms with Crippen LogP contribution in [0.2, 0.25) is 0 Å². The average Bonchev–Trinajstić information content (AvgIpc) is 2.62. The van der Waals surface area contributed by atoms with Crippen molar-refractivity contribution < 1.29 is 9.47 Å². The summed E-state index contributed by atoms with van der Waals surface area (Å²) >= 11 is 0. The Balaban J connectivity index is 1.95. The van der Waals surface area contributed by atoms with E-state index in [0.29, 0.717) is 11.8 Å². The van der Waals surface area contributed by atoms with Gasteiger partial charge in [0, 0.05) is 37.2 Å². The second-order valence-electron chi connectivity index (χ2n) is 4.95. The average molecular weight is 301 g/mol. The van der Waals surface area contributed by atoms with Crippen molar-refractivity contribution in [2.45, 2.75) is 13.3 Å². The van der Waals surface area contributed by atoms with Crippen molar-refractivity contribution in [2.24, 2.45) is 0 Å². The Morgan fingerprint density at radius 2 is 1.91 bits per heavy atom. The van der Waals surface area contributed by atoms with Gasteiger partial charge in [-0.25, -0.2) is 19.9 Å². The minimum Gasteiger partial charge on any atom is -0.467 e. The van der Waals surface area contributed by atoms with Crippen LogP contribution in [0, 0.1) is 0 Å². The lowest BCUT2D eigenvalue weighted by atomic mass is 10.2. The molecule has 0 amide bonds. The Bertz CT molecular complexity index is 626. The van der Waals surface area contributed by atoms with Crippen LogP contribution >= 0.6 is 0 Å². The van der Waals surface area contributed by atoms with Gasteiger partial charge < -0.3 is 14.4 Å².